The fourth-order valence-corrected chi connectivity index (χ4v) is 5.26. The first kappa shape index (κ1) is 27.8. The molecule has 2 amide bonds. The summed E-state index contributed by atoms with van der Waals surface area (Å²) in [6.07, 6.45) is 2.52. The van der Waals surface area contributed by atoms with Crippen molar-refractivity contribution in [2.24, 2.45) is 15.4 Å². The Hall–Kier alpha value is -4.77. The second kappa shape index (κ2) is 12.2. The van der Waals surface area contributed by atoms with Gasteiger partial charge < -0.3 is 9.74 Å². The molecular formula is C29H28ClN7O4. The summed E-state index contributed by atoms with van der Waals surface area (Å²) < 4.78 is 0. The predicted octanol–water partition coefficient (Wildman–Crippen LogP) is 4.41. The SMILES string of the molecule is C=NN(C=NC)c1ccc(Cl)cc1N1CC(=O)N(C(Cc2ccccc2)c2ccc3c(c2)CCN(N=O)O3)CC1=O. The van der Waals surface area contributed by atoms with E-state index in [0.717, 1.165) is 21.9 Å². The number of benzene rings is 3. The summed E-state index contributed by atoms with van der Waals surface area (Å²) in [5.41, 5.74) is 3.73. The maximum Gasteiger partial charge on any atom is 0.247 e. The molecule has 2 heterocycles. The van der Waals surface area contributed by atoms with E-state index in [1.807, 2.05) is 42.5 Å². The summed E-state index contributed by atoms with van der Waals surface area (Å²) in [5.74, 6) is 0.0522. The quantitative estimate of drug-likeness (QED) is 0.162. The first-order valence-corrected chi connectivity index (χ1v) is 13.3. The van der Waals surface area contributed by atoms with E-state index in [0.29, 0.717) is 41.5 Å². The van der Waals surface area contributed by atoms with Crippen LogP contribution in [0.1, 0.15) is 22.7 Å². The zero-order valence-corrected chi connectivity index (χ0v) is 23.1. The van der Waals surface area contributed by atoms with Gasteiger partial charge in [0.2, 0.25) is 11.8 Å². The average Bonchev–Trinajstić information content (AvgIpc) is 3.00. The Morgan fingerprint density at radius 3 is 2.61 bits per heavy atom. The molecule has 3 aromatic carbocycles. The van der Waals surface area contributed by atoms with Gasteiger partial charge in [0.1, 0.15) is 19.4 Å². The highest BCUT2D eigenvalue weighted by Crippen LogP contribution is 2.36. The summed E-state index contributed by atoms with van der Waals surface area (Å²) in [6, 6.07) is 20.0. The van der Waals surface area contributed by atoms with Crippen LogP contribution in [0.15, 0.2) is 82.1 Å². The zero-order valence-electron chi connectivity index (χ0n) is 22.4. The van der Waals surface area contributed by atoms with Crippen LogP contribution < -0.4 is 14.7 Å². The molecule has 11 nitrogen and oxygen atoms in total. The fourth-order valence-electron chi connectivity index (χ4n) is 5.10. The third-order valence-corrected chi connectivity index (χ3v) is 7.29. The topological polar surface area (TPSA) is 110 Å². The molecule has 0 aliphatic carbocycles. The lowest BCUT2D eigenvalue weighted by molar-refractivity contribution is -0.140. The summed E-state index contributed by atoms with van der Waals surface area (Å²) in [5, 5.41) is 9.67. The Kier molecular flexibility index (Phi) is 8.25. The number of piperazine rings is 1. The second-order valence-corrected chi connectivity index (χ2v) is 10.0. The molecule has 41 heavy (non-hydrogen) atoms. The lowest BCUT2D eigenvalue weighted by Gasteiger charge is -2.40. The predicted molar refractivity (Wildman–Crippen MR) is 158 cm³/mol. The minimum atomic E-state index is -0.416. The van der Waals surface area contributed by atoms with Gasteiger partial charge in [-0.2, -0.15) is 5.10 Å². The molecule has 5 rings (SSSR count). The van der Waals surface area contributed by atoms with Crippen LogP contribution in [-0.2, 0) is 22.4 Å². The van der Waals surface area contributed by atoms with Crippen molar-refractivity contribution in [3.63, 3.8) is 0 Å². The molecule has 1 unspecified atom stereocenters. The molecule has 1 saturated heterocycles. The lowest BCUT2D eigenvalue weighted by atomic mass is 9.94. The van der Waals surface area contributed by atoms with Crippen molar-refractivity contribution in [1.82, 2.24) is 10.1 Å². The van der Waals surface area contributed by atoms with E-state index in [1.54, 1.807) is 36.2 Å². The Bertz CT molecular complexity index is 1500. The Balaban J connectivity index is 1.48. The van der Waals surface area contributed by atoms with Gasteiger partial charge in [-0.05, 0) is 59.9 Å². The molecule has 0 N–H and O–H groups in total. The first-order valence-electron chi connectivity index (χ1n) is 12.9. The van der Waals surface area contributed by atoms with Crippen LogP contribution in [-0.4, -0.2) is 61.6 Å². The normalized spacial score (nSPS) is 15.9. The molecule has 0 bridgehead atoms. The number of fused-ring (bicyclic) bond motifs is 1. The summed E-state index contributed by atoms with van der Waals surface area (Å²) >= 11 is 6.30. The van der Waals surface area contributed by atoms with Crippen LogP contribution in [0.2, 0.25) is 5.02 Å². The van der Waals surface area contributed by atoms with E-state index in [2.05, 4.69) is 22.1 Å². The van der Waals surface area contributed by atoms with Crippen molar-refractivity contribution in [2.75, 3.05) is 36.6 Å². The highest BCUT2D eigenvalue weighted by Gasteiger charge is 2.37. The van der Waals surface area contributed by atoms with E-state index in [4.69, 9.17) is 16.4 Å². The van der Waals surface area contributed by atoms with Gasteiger partial charge in [-0.25, -0.2) is 5.01 Å². The number of rotatable bonds is 9. The van der Waals surface area contributed by atoms with E-state index in [1.165, 1.54) is 16.2 Å². The van der Waals surface area contributed by atoms with Crippen LogP contribution in [0.3, 0.4) is 0 Å². The maximum absolute atomic E-state index is 13.8. The number of aliphatic imine (C=N–C) groups is 1. The number of hydrogen-bond donors (Lipinski definition) is 0. The number of nitrogens with zero attached hydrogens (tertiary/aromatic N) is 7. The van der Waals surface area contributed by atoms with E-state index in [9.17, 15) is 14.5 Å². The minimum Gasteiger partial charge on any atom is -0.360 e. The summed E-state index contributed by atoms with van der Waals surface area (Å²) in [6.45, 7) is 3.59. The molecule has 3 aromatic rings. The van der Waals surface area contributed by atoms with Crippen LogP contribution in [0.4, 0.5) is 11.4 Å². The molecule has 12 heteroatoms. The van der Waals surface area contributed by atoms with Crippen LogP contribution in [0.25, 0.3) is 0 Å². The van der Waals surface area contributed by atoms with Crippen molar-refractivity contribution >= 4 is 47.8 Å². The van der Waals surface area contributed by atoms with Gasteiger partial charge in [-0.1, -0.05) is 53.2 Å². The van der Waals surface area contributed by atoms with E-state index < -0.39 is 6.04 Å². The number of halogens is 1. The highest BCUT2D eigenvalue weighted by atomic mass is 35.5. The van der Waals surface area contributed by atoms with Crippen LogP contribution in [0.5, 0.6) is 5.75 Å². The number of amides is 2. The van der Waals surface area contributed by atoms with Crippen molar-refractivity contribution in [2.45, 2.75) is 18.9 Å². The first-order chi connectivity index (χ1) is 19.9. The molecule has 0 spiro atoms. The van der Waals surface area contributed by atoms with Crippen molar-refractivity contribution < 1.29 is 14.4 Å². The summed E-state index contributed by atoms with van der Waals surface area (Å²) in [4.78, 5) is 51.0. The zero-order chi connectivity index (χ0) is 28.9. The summed E-state index contributed by atoms with van der Waals surface area (Å²) in [7, 11) is 1.59. The van der Waals surface area contributed by atoms with Gasteiger partial charge in [0.25, 0.3) is 0 Å². The van der Waals surface area contributed by atoms with E-state index in [-0.39, 0.29) is 24.9 Å². The molecule has 2 aliphatic rings. The van der Waals surface area contributed by atoms with Gasteiger partial charge in [0, 0.05) is 18.8 Å². The van der Waals surface area contributed by atoms with Crippen LogP contribution in [0, 0.1) is 4.91 Å². The number of hydroxylamine groups is 1. The number of hydrogen-bond acceptors (Lipinski definition) is 7. The molecule has 2 aliphatic heterocycles. The third kappa shape index (κ3) is 5.90. The lowest BCUT2D eigenvalue weighted by Crippen LogP contribution is -2.55. The average molecular weight is 574 g/mol. The van der Waals surface area contributed by atoms with Crippen molar-refractivity contribution in [1.29, 1.82) is 0 Å². The monoisotopic (exact) mass is 573 g/mol. The van der Waals surface area contributed by atoms with Gasteiger partial charge in [0.05, 0.1) is 29.2 Å². The Morgan fingerprint density at radius 1 is 1.07 bits per heavy atom. The highest BCUT2D eigenvalue weighted by molar-refractivity contribution is 6.31. The molecule has 0 saturated carbocycles. The number of carbonyl (C=O) groups is 2. The van der Waals surface area contributed by atoms with Crippen molar-refractivity contribution in [3.8, 4) is 5.75 Å². The van der Waals surface area contributed by atoms with Gasteiger partial charge in [-0.15, -0.1) is 4.91 Å². The fraction of sp³-hybridized carbons (Fsp3) is 0.241. The molecule has 1 fully saturated rings. The smallest absolute Gasteiger partial charge is 0.247 e. The number of anilines is 2. The number of nitroso groups, excluding NO2 is 1. The molecule has 1 atom stereocenters. The maximum atomic E-state index is 13.8. The minimum absolute atomic E-state index is 0.137. The third-order valence-electron chi connectivity index (χ3n) is 7.06. The van der Waals surface area contributed by atoms with Gasteiger partial charge in [0.15, 0.2) is 5.75 Å². The number of hydrazone groups is 1. The molecule has 0 aromatic heterocycles. The number of carbonyl (C=O) groups excluding carboxylic acids is 2. The largest absolute Gasteiger partial charge is 0.360 e. The molecule has 0 radical (unpaired) electrons. The standard InChI is InChI=1S/C29H28ClN7O4/c1-31-19-36(32-2)24-10-9-23(30)16-26(24)35-18-28(38)34(17-29(35)39)25(14-20-6-4-3-5-7-20)21-8-11-27-22(15-21)12-13-37(33-40)41-27/h3-11,15-16,19,25H,2,12-14,17-18H2,1H3. The van der Waals surface area contributed by atoms with E-state index >= 15 is 0 Å². The van der Waals surface area contributed by atoms with Gasteiger partial charge >= 0.3 is 0 Å². The molecular weight excluding hydrogens is 546 g/mol. The second-order valence-electron chi connectivity index (χ2n) is 9.57. The Labute approximate surface area is 242 Å². The Morgan fingerprint density at radius 2 is 1.88 bits per heavy atom. The molecule has 210 valence electrons. The van der Waals surface area contributed by atoms with Crippen molar-refractivity contribution in [3.05, 3.63) is 93.4 Å². The van der Waals surface area contributed by atoms with Gasteiger partial charge in [-0.3, -0.25) is 19.5 Å². The van der Waals surface area contributed by atoms with Crippen LogP contribution >= 0.6 is 11.6 Å².